The molecule has 2 N–H and O–H groups in total. The molecule has 26 heavy (non-hydrogen) atoms. The fourth-order valence-electron chi connectivity index (χ4n) is 2.49. The third-order valence-electron chi connectivity index (χ3n) is 3.88. The zero-order valence-corrected chi connectivity index (χ0v) is 15.5. The fourth-order valence-corrected chi connectivity index (χ4v) is 2.61. The van der Waals surface area contributed by atoms with E-state index in [0.29, 0.717) is 42.9 Å². The highest BCUT2D eigenvalue weighted by atomic mass is 35.5. The van der Waals surface area contributed by atoms with E-state index in [1.807, 2.05) is 24.3 Å². The predicted molar refractivity (Wildman–Crippen MR) is 103 cm³/mol. The summed E-state index contributed by atoms with van der Waals surface area (Å²) in [7, 11) is 1.63. The minimum absolute atomic E-state index is 0.0272. The summed E-state index contributed by atoms with van der Waals surface area (Å²) in [6, 6.07) is 14.4. The zero-order valence-electron chi connectivity index (χ0n) is 14.8. The first-order valence-corrected chi connectivity index (χ1v) is 8.90. The van der Waals surface area contributed by atoms with Gasteiger partial charge >= 0.3 is 0 Å². The number of ether oxygens (including phenoxy) is 1. The van der Waals surface area contributed by atoms with Gasteiger partial charge in [-0.1, -0.05) is 29.8 Å². The van der Waals surface area contributed by atoms with E-state index in [9.17, 15) is 9.59 Å². The van der Waals surface area contributed by atoms with Gasteiger partial charge in [0.1, 0.15) is 5.75 Å². The summed E-state index contributed by atoms with van der Waals surface area (Å²) in [6.07, 6.45) is 1.66. The largest absolute Gasteiger partial charge is 0.496 e. The van der Waals surface area contributed by atoms with Gasteiger partial charge in [-0.2, -0.15) is 0 Å². The zero-order chi connectivity index (χ0) is 18.8. The second-order valence-electron chi connectivity index (χ2n) is 5.78. The maximum absolute atomic E-state index is 11.9. The van der Waals surface area contributed by atoms with Crippen LogP contribution in [0, 0.1) is 0 Å². The lowest BCUT2D eigenvalue weighted by Crippen LogP contribution is -2.28. The Balaban J connectivity index is 1.61. The maximum Gasteiger partial charge on any atom is 0.251 e. The van der Waals surface area contributed by atoms with Crippen LogP contribution in [-0.4, -0.2) is 32.0 Å². The van der Waals surface area contributed by atoms with Gasteiger partial charge in [0.25, 0.3) is 5.91 Å². The van der Waals surface area contributed by atoms with Gasteiger partial charge in [0.15, 0.2) is 0 Å². The Morgan fingerprint density at radius 2 is 1.73 bits per heavy atom. The molecule has 0 spiro atoms. The van der Waals surface area contributed by atoms with Crippen molar-refractivity contribution in [3.05, 3.63) is 64.7 Å². The summed E-state index contributed by atoms with van der Waals surface area (Å²) in [6.45, 7) is 0.998. The standard InChI is InChI=1S/C20H23ClN2O3/c1-26-18-6-3-2-5-15(18)12-14-22-19(24)7-4-13-23-20(25)16-8-10-17(21)11-9-16/h2-3,5-6,8-11H,4,7,12-14H2,1H3,(H,22,24)(H,23,25). The van der Waals surface area contributed by atoms with Gasteiger partial charge < -0.3 is 15.4 Å². The Morgan fingerprint density at radius 1 is 1.00 bits per heavy atom. The molecule has 0 atom stereocenters. The van der Waals surface area contributed by atoms with Crippen LogP contribution in [0.15, 0.2) is 48.5 Å². The summed E-state index contributed by atoms with van der Waals surface area (Å²) in [4.78, 5) is 23.8. The van der Waals surface area contributed by atoms with Crippen molar-refractivity contribution in [1.82, 2.24) is 10.6 Å². The number of benzene rings is 2. The van der Waals surface area contributed by atoms with Crippen molar-refractivity contribution < 1.29 is 14.3 Å². The van der Waals surface area contributed by atoms with Crippen LogP contribution in [0.5, 0.6) is 5.75 Å². The van der Waals surface area contributed by atoms with Gasteiger partial charge in [0.05, 0.1) is 7.11 Å². The molecule has 0 heterocycles. The average Bonchev–Trinajstić information content (AvgIpc) is 2.66. The number of para-hydroxylation sites is 1. The molecular formula is C20H23ClN2O3. The molecule has 0 aliphatic carbocycles. The van der Waals surface area contributed by atoms with Gasteiger partial charge in [-0.15, -0.1) is 0 Å². The number of carbonyl (C=O) groups is 2. The third-order valence-corrected chi connectivity index (χ3v) is 4.13. The van der Waals surface area contributed by atoms with E-state index in [1.165, 1.54) is 0 Å². The van der Waals surface area contributed by atoms with Gasteiger partial charge in [-0.3, -0.25) is 9.59 Å². The highest BCUT2D eigenvalue weighted by Crippen LogP contribution is 2.17. The second-order valence-corrected chi connectivity index (χ2v) is 6.21. The van der Waals surface area contributed by atoms with Crippen molar-refractivity contribution in [2.45, 2.75) is 19.3 Å². The van der Waals surface area contributed by atoms with Crippen LogP contribution in [0.3, 0.4) is 0 Å². The third kappa shape index (κ3) is 6.41. The molecule has 0 saturated carbocycles. The van der Waals surface area contributed by atoms with Crippen molar-refractivity contribution in [3.63, 3.8) is 0 Å². The number of halogens is 1. The Morgan fingerprint density at radius 3 is 2.46 bits per heavy atom. The van der Waals surface area contributed by atoms with Crippen molar-refractivity contribution in [1.29, 1.82) is 0 Å². The van der Waals surface area contributed by atoms with Crippen molar-refractivity contribution in [2.24, 2.45) is 0 Å². The normalized spacial score (nSPS) is 10.2. The van der Waals surface area contributed by atoms with E-state index in [-0.39, 0.29) is 11.8 Å². The Bertz CT molecular complexity index is 732. The molecular weight excluding hydrogens is 352 g/mol. The van der Waals surface area contributed by atoms with Crippen LogP contribution >= 0.6 is 11.6 Å². The van der Waals surface area contributed by atoms with E-state index in [1.54, 1.807) is 31.4 Å². The molecule has 2 aromatic rings. The summed E-state index contributed by atoms with van der Waals surface area (Å²) in [5.41, 5.74) is 1.61. The number of nitrogens with one attached hydrogen (secondary N) is 2. The van der Waals surface area contributed by atoms with Crippen LogP contribution < -0.4 is 15.4 Å². The minimum atomic E-state index is -0.168. The molecule has 2 aromatic carbocycles. The molecule has 0 bridgehead atoms. The van der Waals surface area contributed by atoms with Crippen molar-refractivity contribution in [2.75, 3.05) is 20.2 Å². The molecule has 5 nitrogen and oxygen atoms in total. The summed E-state index contributed by atoms with van der Waals surface area (Å²) < 4.78 is 5.29. The predicted octanol–water partition coefficient (Wildman–Crippen LogP) is 3.22. The summed E-state index contributed by atoms with van der Waals surface area (Å²) in [5.74, 6) is 0.630. The number of hydrogen-bond acceptors (Lipinski definition) is 3. The number of rotatable bonds is 9. The van der Waals surface area contributed by atoms with Crippen molar-refractivity contribution >= 4 is 23.4 Å². The van der Waals surface area contributed by atoms with E-state index in [4.69, 9.17) is 16.3 Å². The van der Waals surface area contributed by atoms with Crippen LogP contribution in [0.1, 0.15) is 28.8 Å². The molecule has 0 saturated heterocycles. The molecule has 0 aliphatic heterocycles. The first-order chi connectivity index (χ1) is 12.6. The fraction of sp³-hybridized carbons (Fsp3) is 0.300. The molecule has 138 valence electrons. The van der Waals surface area contributed by atoms with Crippen molar-refractivity contribution in [3.8, 4) is 5.75 Å². The quantitative estimate of drug-likeness (QED) is 0.662. The maximum atomic E-state index is 11.9. The van der Waals surface area contributed by atoms with Gasteiger partial charge in [-0.25, -0.2) is 0 Å². The van der Waals surface area contributed by atoms with Gasteiger partial charge in [0.2, 0.25) is 5.91 Å². The lowest BCUT2D eigenvalue weighted by molar-refractivity contribution is -0.121. The Kier molecular flexibility index (Phi) is 7.96. The Hall–Kier alpha value is -2.53. The van der Waals surface area contributed by atoms with Gasteiger partial charge in [0, 0.05) is 30.1 Å². The molecule has 0 radical (unpaired) electrons. The molecule has 0 unspecified atom stereocenters. The topological polar surface area (TPSA) is 67.4 Å². The monoisotopic (exact) mass is 374 g/mol. The van der Waals surface area contributed by atoms with E-state index >= 15 is 0 Å². The SMILES string of the molecule is COc1ccccc1CCNC(=O)CCCNC(=O)c1ccc(Cl)cc1. The Labute approximate surface area is 158 Å². The number of carbonyl (C=O) groups excluding carboxylic acids is 2. The molecule has 0 fully saturated rings. The van der Waals surface area contributed by atoms with E-state index < -0.39 is 0 Å². The lowest BCUT2D eigenvalue weighted by atomic mass is 10.1. The molecule has 0 aliphatic rings. The number of methoxy groups -OCH3 is 1. The molecule has 2 amide bonds. The average molecular weight is 375 g/mol. The van der Waals surface area contributed by atoms with Crippen LogP contribution in [-0.2, 0) is 11.2 Å². The summed E-state index contributed by atoms with van der Waals surface area (Å²) in [5, 5.41) is 6.27. The number of hydrogen-bond donors (Lipinski definition) is 2. The minimum Gasteiger partial charge on any atom is -0.496 e. The first-order valence-electron chi connectivity index (χ1n) is 8.52. The number of amides is 2. The van der Waals surface area contributed by atoms with Crippen LogP contribution in [0.2, 0.25) is 5.02 Å². The first kappa shape index (κ1) is 19.8. The van der Waals surface area contributed by atoms with Gasteiger partial charge in [-0.05, 0) is 48.7 Å². The van der Waals surface area contributed by atoms with E-state index in [2.05, 4.69) is 10.6 Å². The smallest absolute Gasteiger partial charge is 0.251 e. The lowest BCUT2D eigenvalue weighted by Gasteiger charge is -2.09. The second kappa shape index (κ2) is 10.5. The van der Waals surface area contributed by atoms with Crippen LogP contribution in [0.25, 0.3) is 0 Å². The molecule has 6 heteroatoms. The van der Waals surface area contributed by atoms with E-state index in [0.717, 1.165) is 11.3 Å². The van der Waals surface area contributed by atoms with Crippen LogP contribution in [0.4, 0.5) is 0 Å². The molecule has 0 aromatic heterocycles. The highest BCUT2D eigenvalue weighted by molar-refractivity contribution is 6.30. The summed E-state index contributed by atoms with van der Waals surface area (Å²) >= 11 is 5.79. The molecule has 2 rings (SSSR count). The highest BCUT2D eigenvalue weighted by Gasteiger charge is 2.06.